The lowest BCUT2D eigenvalue weighted by molar-refractivity contribution is -0.116. The first-order valence-electron chi connectivity index (χ1n) is 3.40. The summed E-state index contributed by atoms with van der Waals surface area (Å²) in [6, 6.07) is 1.55. The summed E-state index contributed by atoms with van der Waals surface area (Å²) in [5.41, 5.74) is 10.3. The number of rotatable bonds is 3. The average molecular weight is 246 g/mol. The van der Waals surface area contributed by atoms with E-state index in [1.165, 1.54) is 0 Å². The lowest BCUT2D eigenvalue weighted by Gasteiger charge is -2.02. The molecule has 13 heavy (non-hydrogen) atoms. The van der Waals surface area contributed by atoms with Gasteiger partial charge in [-0.2, -0.15) is 4.98 Å². The average Bonchev–Trinajstić information content (AvgIpc) is 1.99. The molecule has 6 nitrogen and oxygen atoms in total. The SMILES string of the molecule is NC(=O)CNc1nc(N)cc(Br)n1. The Morgan fingerprint density at radius 1 is 1.62 bits per heavy atom. The number of nitrogens with one attached hydrogen (secondary N) is 1. The molecule has 0 aliphatic heterocycles. The molecule has 70 valence electrons. The molecule has 0 aliphatic carbocycles. The van der Waals surface area contributed by atoms with Gasteiger partial charge in [-0.1, -0.05) is 0 Å². The van der Waals surface area contributed by atoms with Crippen LogP contribution in [0.1, 0.15) is 0 Å². The van der Waals surface area contributed by atoms with Crippen molar-refractivity contribution in [2.45, 2.75) is 0 Å². The van der Waals surface area contributed by atoms with Crippen molar-refractivity contribution in [2.24, 2.45) is 5.73 Å². The third kappa shape index (κ3) is 3.24. The van der Waals surface area contributed by atoms with Gasteiger partial charge in [-0.25, -0.2) is 4.98 Å². The number of aromatic nitrogens is 2. The highest BCUT2D eigenvalue weighted by Crippen LogP contribution is 2.11. The zero-order valence-electron chi connectivity index (χ0n) is 6.62. The summed E-state index contributed by atoms with van der Waals surface area (Å²) in [6.45, 7) is -0.0180. The monoisotopic (exact) mass is 245 g/mol. The Bertz CT molecular complexity index is 309. The van der Waals surface area contributed by atoms with Crippen molar-refractivity contribution >= 4 is 33.6 Å². The molecule has 7 heteroatoms. The van der Waals surface area contributed by atoms with E-state index in [4.69, 9.17) is 11.5 Å². The van der Waals surface area contributed by atoms with Crippen LogP contribution in [0.2, 0.25) is 0 Å². The van der Waals surface area contributed by atoms with Crippen LogP contribution < -0.4 is 16.8 Å². The maximum absolute atomic E-state index is 10.4. The second-order valence-corrected chi connectivity index (χ2v) is 3.07. The topological polar surface area (TPSA) is 107 Å². The normalized spacial score (nSPS) is 9.62. The highest BCUT2D eigenvalue weighted by Gasteiger charge is 2.00. The lowest BCUT2D eigenvalue weighted by atomic mass is 10.6. The molecule has 0 saturated heterocycles. The number of nitrogens with zero attached hydrogens (tertiary/aromatic N) is 2. The predicted molar refractivity (Wildman–Crippen MR) is 51.8 cm³/mol. The summed E-state index contributed by atoms with van der Waals surface area (Å²) in [5, 5.41) is 2.62. The fourth-order valence-electron chi connectivity index (χ4n) is 0.680. The third-order valence-electron chi connectivity index (χ3n) is 1.14. The molecule has 0 unspecified atom stereocenters. The van der Waals surface area contributed by atoms with Crippen molar-refractivity contribution in [3.63, 3.8) is 0 Å². The molecule has 0 bridgehead atoms. The fraction of sp³-hybridized carbons (Fsp3) is 0.167. The Balaban J connectivity index is 2.71. The number of halogens is 1. The quantitative estimate of drug-likeness (QED) is 0.635. The van der Waals surface area contributed by atoms with Gasteiger partial charge in [0.05, 0.1) is 6.54 Å². The van der Waals surface area contributed by atoms with Crippen molar-refractivity contribution < 1.29 is 4.79 Å². The molecule has 1 rings (SSSR count). The van der Waals surface area contributed by atoms with Crippen LogP contribution in [0.25, 0.3) is 0 Å². The van der Waals surface area contributed by atoms with E-state index in [1.54, 1.807) is 6.07 Å². The van der Waals surface area contributed by atoms with Crippen molar-refractivity contribution in [2.75, 3.05) is 17.6 Å². The van der Waals surface area contributed by atoms with Gasteiger partial charge in [-0.3, -0.25) is 4.79 Å². The number of hydrogen-bond donors (Lipinski definition) is 3. The molecule has 0 atom stereocenters. The molecule has 0 fully saturated rings. The molecule has 0 aromatic carbocycles. The van der Waals surface area contributed by atoms with Gasteiger partial charge in [0, 0.05) is 6.07 Å². The molecule has 5 N–H and O–H groups in total. The van der Waals surface area contributed by atoms with E-state index in [0.717, 1.165) is 0 Å². The zero-order chi connectivity index (χ0) is 9.84. The Hall–Kier alpha value is -1.37. The van der Waals surface area contributed by atoms with Crippen LogP contribution in [-0.4, -0.2) is 22.4 Å². The van der Waals surface area contributed by atoms with Gasteiger partial charge in [0.25, 0.3) is 0 Å². The molecular formula is C6H8BrN5O. The number of carbonyl (C=O) groups is 1. The van der Waals surface area contributed by atoms with Gasteiger partial charge in [0.1, 0.15) is 10.4 Å². The first-order valence-corrected chi connectivity index (χ1v) is 4.19. The summed E-state index contributed by atoms with van der Waals surface area (Å²) >= 11 is 3.13. The third-order valence-corrected chi connectivity index (χ3v) is 1.54. The molecule has 1 amide bonds. The standard InChI is InChI=1S/C6H8BrN5O/c7-3-1-4(8)12-6(11-3)10-2-5(9)13/h1H,2H2,(H2,9,13)(H3,8,10,11,12). The highest BCUT2D eigenvalue weighted by molar-refractivity contribution is 9.10. The van der Waals surface area contributed by atoms with Crippen molar-refractivity contribution in [1.82, 2.24) is 9.97 Å². The smallest absolute Gasteiger partial charge is 0.236 e. The maximum Gasteiger partial charge on any atom is 0.236 e. The summed E-state index contributed by atoms with van der Waals surface area (Å²) in [7, 11) is 0. The summed E-state index contributed by atoms with van der Waals surface area (Å²) in [4.78, 5) is 18.1. The Kier molecular flexibility index (Phi) is 3.02. The van der Waals surface area contributed by atoms with E-state index in [9.17, 15) is 4.79 Å². The second-order valence-electron chi connectivity index (χ2n) is 2.26. The molecule has 1 aromatic heterocycles. The van der Waals surface area contributed by atoms with Gasteiger partial charge >= 0.3 is 0 Å². The van der Waals surface area contributed by atoms with Crippen LogP contribution in [-0.2, 0) is 4.79 Å². The largest absolute Gasteiger partial charge is 0.383 e. The highest BCUT2D eigenvalue weighted by atomic mass is 79.9. The summed E-state index contributed by atoms with van der Waals surface area (Å²) in [5.74, 6) is 0.0988. The van der Waals surface area contributed by atoms with Crippen LogP contribution in [0.5, 0.6) is 0 Å². The lowest BCUT2D eigenvalue weighted by Crippen LogP contribution is -2.22. The van der Waals surface area contributed by atoms with E-state index in [1.807, 2.05) is 0 Å². The van der Waals surface area contributed by atoms with Crippen molar-refractivity contribution in [3.8, 4) is 0 Å². The van der Waals surface area contributed by atoms with Crippen LogP contribution >= 0.6 is 15.9 Å². The minimum Gasteiger partial charge on any atom is -0.383 e. The van der Waals surface area contributed by atoms with Gasteiger partial charge in [0.15, 0.2) is 0 Å². The Labute approximate surface area is 82.9 Å². The van der Waals surface area contributed by atoms with E-state index < -0.39 is 5.91 Å². The number of primary amides is 1. The molecule has 0 spiro atoms. The number of nitrogen functional groups attached to an aromatic ring is 1. The van der Waals surface area contributed by atoms with Gasteiger partial charge in [0.2, 0.25) is 11.9 Å². The first kappa shape index (κ1) is 9.72. The Morgan fingerprint density at radius 2 is 2.31 bits per heavy atom. The molecule has 0 aliphatic rings. The number of nitrogens with two attached hydrogens (primary N) is 2. The van der Waals surface area contributed by atoms with Crippen molar-refractivity contribution in [3.05, 3.63) is 10.7 Å². The number of anilines is 2. The fourth-order valence-corrected chi connectivity index (χ4v) is 1.08. The summed E-state index contributed by atoms with van der Waals surface area (Å²) < 4.78 is 0.548. The molecule has 1 heterocycles. The van der Waals surface area contributed by atoms with Crippen LogP contribution in [0.3, 0.4) is 0 Å². The molecule has 0 radical (unpaired) electrons. The van der Waals surface area contributed by atoms with E-state index >= 15 is 0 Å². The second kappa shape index (κ2) is 4.04. The maximum atomic E-state index is 10.4. The molecule has 0 saturated carbocycles. The van der Waals surface area contributed by atoms with E-state index in [2.05, 4.69) is 31.2 Å². The molecule has 1 aromatic rings. The van der Waals surface area contributed by atoms with Crippen LogP contribution in [0.15, 0.2) is 10.7 Å². The summed E-state index contributed by atoms with van der Waals surface area (Å²) in [6.07, 6.45) is 0. The first-order chi connectivity index (χ1) is 6.08. The van der Waals surface area contributed by atoms with Gasteiger partial charge in [-0.05, 0) is 15.9 Å². The number of carbonyl (C=O) groups excluding carboxylic acids is 1. The van der Waals surface area contributed by atoms with Gasteiger partial charge in [-0.15, -0.1) is 0 Å². The number of hydrogen-bond acceptors (Lipinski definition) is 5. The van der Waals surface area contributed by atoms with Crippen LogP contribution in [0, 0.1) is 0 Å². The van der Waals surface area contributed by atoms with Gasteiger partial charge < -0.3 is 16.8 Å². The minimum absolute atomic E-state index is 0.0180. The zero-order valence-corrected chi connectivity index (χ0v) is 8.21. The van der Waals surface area contributed by atoms with E-state index in [0.29, 0.717) is 10.4 Å². The van der Waals surface area contributed by atoms with Crippen molar-refractivity contribution in [1.29, 1.82) is 0 Å². The van der Waals surface area contributed by atoms with E-state index in [-0.39, 0.29) is 12.5 Å². The number of amides is 1. The van der Waals surface area contributed by atoms with Crippen LogP contribution in [0.4, 0.5) is 11.8 Å². The molecular weight excluding hydrogens is 238 g/mol. The minimum atomic E-state index is -0.484. The Morgan fingerprint density at radius 3 is 2.85 bits per heavy atom. The predicted octanol–water partition coefficient (Wildman–Crippen LogP) is -0.282.